The number of rotatable bonds is 4. The molecular formula is C14H29N3O2S. The summed E-state index contributed by atoms with van der Waals surface area (Å²) in [6.45, 7) is 6.76. The lowest BCUT2D eigenvalue weighted by molar-refractivity contribution is 0.178. The maximum absolute atomic E-state index is 12.8. The third kappa shape index (κ3) is 3.35. The first-order valence-electron chi connectivity index (χ1n) is 7.96. The van der Waals surface area contributed by atoms with Crippen molar-refractivity contribution in [1.29, 1.82) is 0 Å². The zero-order valence-electron chi connectivity index (χ0n) is 12.8. The lowest BCUT2D eigenvalue weighted by atomic mass is 9.90. The van der Waals surface area contributed by atoms with E-state index in [1.54, 1.807) is 8.61 Å². The molecule has 2 saturated heterocycles. The van der Waals surface area contributed by atoms with Crippen LogP contribution in [-0.4, -0.2) is 49.2 Å². The minimum atomic E-state index is -3.31. The summed E-state index contributed by atoms with van der Waals surface area (Å²) in [5.74, 6) is 1.26. The smallest absolute Gasteiger partial charge is 0.282 e. The van der Waals surface area contributed by atoms with Gasteiger partial charge in [-0.2, -0.15) is 17.0 Å². The predicted octanol–water partition coefficient (Wildman–Crippen LogP) is 1.41. The summed E-state index contributed by atoms with van der Waals surface area (Å²) < 4.78 is 29.0. The molecule has 2 fully saturated rings. The van der Waals surface area contributed by atoms with Crippen LogP contribution < -0.4 is 5.73 Å². The molecular weight excluding hydrogens is 274 g/mol. The summed E-state index contributed by atoms with van der Waals surface area (Å²) in [6, 6.07) is -0.0157. The van der Waals surface area contributed by atoms with E-state index in [1.807, 2.05) is 0 Å². The molecule has 2 aliphatic heterocycles. The Morgan fingerprint density at radius 3 is 2.35 bits per heavy atom. The molecule has 0 bridgehead atoms. The second kappa shape index (κ2) is 6.73. The largest absolute Gasteiger partial charge is 0.329 e. The molecule has 0 aromatic heterocycles. The van der Waals surface area contributed by atoms with E-state index >= 15 is 0 Å². The standard InChI is InChI=1S/C14H29N3O2S/c1-3-13-6-9-17(14(10-13)11-15)20(18,19)16-7-4-12(2)5-8-16/h12-14H,3-11,15H2,1-2H3. The normalized spacial score (nSPS) is 31.6. The molecule has 0 radical (unpaired) electrons. The zero-order valence-corrected chi connectivity index (χ0v) is 13.6. The van der Waals surface area contributed by atoms with Crippen molar-refractivity contribution in [1.82, 2.24) is 8.61 Å². The van der Waals surface area contributed by atoms with Gasteiger partial charge in [0.1, 0.15) is 0 Å². The molecule has 118 valence electrons. The zero-order chi connectivity index (χ0) is 14.8. The SMILES string of the molecule is CCC1CCN(S(=O)(=O)N2CCC(C)CC2)C(CN)C1. The second-order valence-electron chi connectivity index (χ2n) is 6.39. The lowest BCUT2D eigenvalue weighted by Gasteiger charge is -2.41. The van der Waals surface area contributed by atoms with Gasteiger partial charge < -0.3 is 5.73 Å². The first-order valence-corrected chi connectivity index (χ1v) is 9.35. The Morgan fingerprint density at radius 1 is 1.15 bits per heavy atom. The summed E-state index contributed by atoms with van der Waals surface area (Å²) in [6.07, 6.45) is 4.94. The fraction of sp³-hybridized carbons (Fsp3) is 1.00. The maximum Gasteiger partial charge on any atom is 0.282 e. The van der Waals surface area contributed by atoms with Gasteiger partial charge in [0, 0.05) is 32.2 Å². The summed E-state index contributed by atoms with van der Waals surface area (Å²) >= 11 is 0. The van der Waals surface area contributed by atoms with Gasteiger partial charge >= 0.3 is 0 Å². The van der Waals surface area contributed by atoms with Crippen LogP contribution in [0.15, 0.2) is 0 Å². The Hall–Kier alpha value is -0.170. The minimum absolute atomic E-state index is 0.0157. The van der Waals surface area contributed by atoms with Gasteiger partial charge in [0.25, 0.3) is 10.2 Å². The highest BCUT2D eigenvalue weighted by molar-refractivity contribution is 7.86. The van der Waals surface area contributed by atoms with E-state index in [0.29, 0.717) is 38.0 Å². The van der Waals surface area contributed by atoms with Crippen molar-refractivity contribution in [3.63, 3.8) is 0 Å². The predicted molar refractivity (Wildman–Crippen MR) is 81.5 cm³/mol. The second-order valence-corrected chi connectivity index (χ2v) is 8.27. The summed E-state index contributed by atoms with van der Waals surface area (Å²) in [4.78, 5) is 0. The van der Waals surface area contributed by atoms with E-state index in [-0.39, 0.29) is 6.04 Å². The third-order valence-electron chi connectivity index (χ3n) is 4.99. The molecule has 2 rings (SSSR count). The molecule has 0 aliphatic carbocycles. The maximum atomic E-state index is 12.8. The topological polar surface area (TPSA) is 66.6 Å². The average molecular weight is 303 g/mol. The van der Waals surface area contributed by atoms with Gasteiger partial charge in [-0.1, -0.05) is 20.3 Å². The minimum Gasteiger partial charge on any atom is -0.329 e. The number of nitrogens with two attached hydrogens (primary N) is 1. The highest BCUT2D eigenvalue weighted by Crippen LogP contribution is 2.29. The van der Waals surface area contributed by atoms with Crippen LogP contribution in [0.1, 0.15) is 46.0 Å². The van der Waals surface area contributed by atoms with Crippen LogP contribution in [0, 0.1) is 11.8 Å². The summed E-state index contributed by atoms with van der Waals surface area (Å²) in [5, 5.41) is 0. The fourth-order valence-corrected chi connectivity index (χ4v) is 5.22. The fourth-order valence-electron chi connectivity index (χ4n) is 3.36. The molecule has 0 spiro atoms. The number of nitrogens with zero attached hydrogens (tertiary/aromatic N) is 2. The summed E-state index contributed by atoms with van der Waals surface area (Å²) in [5.41, 5.74) is 5.83. The number of hydrogen-bond donors (Lipinski definition) is 1. The molecule has 0 aromatic carbocycles. The molecule has 0 saturated carbocycles. The van der Waals surface area contributed by atoms with Crippen molar-refractivity contribution in [2.75, 3.05) is 26.2 Å². The van der Waals surface area contributed by atoms with Crippen molar-refractivity contribution in [3.05, 3.63) is 0 Å². The molecule has 2 heterocycles. The Bertz CT molecular complexity index is 405. The van der Waals surface area contributed by atoms with Crippen molar-refractivity contribution >= 4 is 10.2 Å². The number of hydrogen-bond acceptors (Lipinski definition) is 3. The van der Waals surface area contributed by atoms with Crippen LogP contribution in [0.2, 0.25) is 0 Å². The van der Waals surface area contributed by atoms with E-state index < -0.39 is 10.2 Å². The molecule has 2 unspecified atom stereocenters. The van der Waals surface area contributed by atoms with Gasteiger partial charge in [0.05, 0.1) is 0 Å². The van der Waals surface area contributed by atoms with E-state index in [9.17, 15) is 8.42 Å². The molecule has 2 N–H and O–H groups in total. The molecule has 2 atom stereocenters. The molecule has 5 nitrogen and oxygen atoms in total. The first kappa shape index (κ1) is 16.2. The van der Waals surface area contributed by atoms with Gasteiger partial charge in [-0.25, -0.2) is 0 Å². The Morgan fingerprint density at radius 2 is 1.80 bits per heavy atom. The van der Waals surface area contributed by atoms with E-state index in [4.69, 9.17) is 5.73 Å². The van der Waals surface area contributed by atoms with E-state index in [2.05, 4.69) is 13.8 Å². The van der Waals surface area contributed by atoms with Crippen molar-refractivity contribution in [3.8, 4) is 0 Å². The van der Waals surface area contributed by atoms with Crippen LogP contribution in [0.5, 0.6) is 0 Å². The molecule has 6 heteroatoms. The number of piperidine rings is 2. The Labute approximate surface area is 123 Å². The average Bonchev–Trinajstić information content (AvgIpc) is 2.46. The highest BCUT2D eigenvalue weighted by Gasteiger charge is 2.38. The molecule has 0 aromatic rings. The quantitative estimate of drug-likeness (QED) is 0.854. The van der Waals surface area contributed by atoms with Crippen LogP contribution >= 0.6 is 0 Å². The Kier molecular flexibility index (Phi) is 5.45. The first-order chi connectivity index (χ1) is 9.48. The van der Waals surface area contributed by atoms with Crippen LogP contribution in [0.4, 0.5) is 0 Å². The van der Waals surface area contributed by atoms with Gasteiger partial charge in [-0.3, -0.25) is 0 Å². The highest BCUT2D eigenvalue weighted by atomic mass is 32.2. The van der Waals surface area contributed by atoms with Crippen molar-refractivity contribution in [2.24, 2.45) is 17.6 Å². The molecule has 20 heavy (non-hydrogen) atoms. The van der Waals surface area contributed by atoms with E-state index in [0.717, 1.165) is 32.1 Å². The van der Waals surface area contributed by atoms with Crippen molar-refractivity contribution < 1.29 is 8.42 Å². The van der Waals surface area contributed by atoms with Gasteiger partial charge in [-0.05, 0) is 37.5 Å². The lowest BCUT2D eigenvalue weighted by Crippen LogP contribution is -2.55. The van der Waals surface area contributed by atoms with Crippen LogP contribution in [0.3, 0.4) is 0 Å². The summed E-state index contributed by atoms with van der Waals surface area (Å²) in [7, 11) is -3.31. The van der Waals surface area contributed by atoms with E-state index in [1.165, 1.54) is 0 Å². The van der Waals surface area contributed by atoms with Gasteiger partial charge in [-0.15, -0.1) is 0 Å². The monoisotopic (exact) mass is 303 g/mol. The third-order valence-corrected chi connectivity index (χ3v) is 7.08. The van der Waals surface area contributed by atoms with Gasteiger partial charge in [0.15, 0.2) is 0 Å². The van der Waals surface area contributed by atoms with Crippen LogP contribution in [-0.2, 0) is 10.2 Å². The van der Waals surface area contributed by atoms with Crippen molar-refractivity contribution in [2.45, 2.75) is 52.0 Å². The Balaban J connectivity index is 2.08. The van der Waals surface area contributed by atoms with Gasteiger partial charge in [0.2, 0.25) is 0 Å². The molecule has 2 aliphatic rings. The molecule has 0 amide bonds. The van der Waals surface area contributed by atoms with Crippen LogP contribution in [0.25, 0.3) is 0 Å².